The Balaban J connectivity index is 1.64. The van der Waals surface area contributed by atoms with Gasteiger partial charge in [0.05, 0.1) is 11.4 Å². The maximum Gasteiger partial charge on any atom is 0.251 e. The zero-order valence-corrected chi connectivity index (χ0v) is 12.9. The van der Waals surface area contributed by atoms with E-state index in [1.165, 1.54) is 11.0 Å². The predicted octanol–water partition coefficient (Wildman–Crippen LogP) is 0.975. The quantitative estimate of drug-likeness (QED) is 0.731. The molecule has 1 amide bonds. The fraction of sp³-hybridized carbons (Fsp3) is 0.267. The van der Waals surface area contributed by atoms with E-state index in [-0.39, 0.29) is 5.91 Å². The van der Waals surface area contributed by atoms with Crippen molar-refractivity contribution in [1.29, 1.82) is 0 Å². The minimum atomic E-state index is -0.126. The average Bonchev–Trinajstić information content (AvgIpc) is 3.20. The van der Waals surface area contributed by atoms with Crippen LogP contribution in [-0.2, 0) is 6.42 Å². The van der Waals surface area contributed by atoms with Crippen LogP contribution in [0.15, 0.2) is 30.6 Å². The van der Waals surface area contributed by atoms with E-state index in [4.69, 9.17) is 0 Å². The number of hydrogen-bond donors (Lipinski definition) is 2. The Morgan fingerprint density at radius 3 is 2.91 bits per heavy atom. The highest BCUT2D eigenvalue weighted by atomic mass is 16.1. The van der Waals surface area contributed by atoms with Crippen molar-refractivity contribution < 1.29 is 4.79 Å². The van der Waals surface area contributed by atoms with E-state index < -0.39 is 0 Å². The lowest BCUT2D eigenvalue weighted by Gasteiger charge is -2.07. The van der Waals surface area contributed by atoms with Gasteiger partial charge in [-0.05, 0) is 54.5 Å². The van der Waals surface area contributed by atoms with Crippen molar-refractivity contribution in [2.45, 2.75) is 20.3 Å². The van der Waals surface area contributed by atoms with Crippen LogP contribution in [0.25, 0.3) is 5.69 Å². The number of H-pyrrole nitrogens is 1. The van der Waals surface area contributed by atoms with Crippen LogP contribution in [0.4, 0.5) is 0 Å². The molecule has 2 heterocycles. The van der Waals surface area contributed by atoms with Crippen LogP contribution in [0.5, 0.6) is 0 Å². The molecule has 23 heavy (non-hydrogen) atoms. The Bertz CT molecular complexity index is 788. The van der Waals surface area contributed by atoms with E-state index in [1.54, 1.807) is 18.2 Å². The molecule has 0 aliphatic rings. The molecule has 118 valence electrons. The Morgan fingerprint density at radius 1 is 1.35 bits per heavy atom. The lowest BCUT2D eigenvalue weighted by molar-refractivity contribution is 0.0954. The first-order valence-corrected chi connectivity index (χ1v) is 7.27. The molecule has 1 aromatic carbocycles. The largest absolute Gasteiger partial charge is 0.352 e. The van der Waals surface area contributed by atoms with Gasteiger partial charge in [0, 0.05) is 17.8 Å². The first-order chi connectivity index (χ1) is 11.1. The van der Waals surface area contributed by atoms with Gasteiger partial charge in [0.1, 0.15) is 6.33 Å². The van der Waals surface area contributed by atoms with E-state index in [9.17, 15) is 4.79 Å². The molecule has 3 aromatic rings. The molecule has 0 aliphatic carbocycles. The molecule has 0 saturated heterocycles. The van der Waals surface area contributed by atoms with E-state index in [0.29, 0.717) is 12.1 Å². The van der Waals surface area contributed by atoms with Gasteiger partial charge in [0.2, 0.25) is 0 Å². The SMILES string of the molecule is Cc1n[nH]c(C)c1CCNC(=O)c1cccc(-n2cnnn2)c1. The molecule has 2 aromatic heterocycles. The van der Waals surface area contributed by atoms with Crippen molar-refractivity contribution >= 4 is 5.91 Å². The smallest absolute Gasteiger partial charge is 0.251 e. The van der Waals surface area contributed by atoms with Crippen molar-refractivity contribution in [1.82, 2.24) is 35.7 Å². The molecular weight excluding hydrogens is 294 g/mol. The highest BCUT2D eigenvalue weighted by Gasteiger charge is 2.09. The van der Waals surface area contributed by atoms with Crippen LogP contribution in [0.2, 0.25) is 0 Å². The predicted molar refractivity (Wildman–Crippen MR) is 83.3 cm³/mol. The molecule has 8 nitrogen and oxygen atoms in total. The summed E-state index contributed by atoms with van der Waals surface area (Å²) in [6.07, 6.45) is 2.23. The van der Waals surface area contributed by atoms with Gasteiger partial charge in [0.15, 0.2) is 0 Å². The molecular formula is C15H17N7O. The number of nitrogens with zero attached hydrogens (tertiary/aromatic N) is 5. The normalized spacial score (nSPS) is 10.7. The summed E-state index contributed by atoms with van der Waals surface area (Å²) in [4.78, 5) is 12.3. The number of aromatic amines is 1. The summed E-state index contributed by atoms with van der Waals surface area (Å²) in [5.74, 6) is -0.126. The maximum atomic E-state index is 12.3. The van der Waals surface area contributed by atoms with Crippen LogP contribution < -0.4 is 5.32 Å². The fourth-order valence-electron chi connectivity index (χ4n) is 2.41. The van der Waals surface area contributed by atoms with Gasteiger partial charge in [0.25, 0.3) is 5.91 Å². The Labute approximate surface area is 132 Å². The van der Waals surface area contributed by atoms with Gasteiger partial charge >= 0.3 is 0 Å². The second-order valence-electron chi connectivity index (χ2n) is 5.22. The summed E-state index contributed by atoms with van der Waals surface area (Å²) in [7, 11) is 0. The molecule has 0 unspecified atom stereocenters. The first-order valence-electron chi connectivity index (χ1n) is 7.27. The van der Waals surface area contributed by atoms with Gasteiger partial charge in [-0.15, -0.1) is 5.10 Å². The van der Waals surface area contributed by atoms with E-state index in [1.807, 2.05) is 19.9 Å². The zero-order valence-electron chi connectivity index (χ0n) is 12.9. The number of benzene rings is 1. The number of hydrogen-bond acceptors (Lipinski definition) is 5. The molecule has 0 saturated carbocycles. The number of rotatable bonds is 5. The topological polar surface area (TPSA) is 101 Å². The summed E-state index contributed by atoms with van der Waals surface area (Å²) in [5.41, 5.74) is 4.46. The number of aryl methyl sites for hydroxylation is 2. The molecule has 3 rings (SSSR count). The van der Waals surface area contributed by atoms with Crippen LogP contribution in [0, 0.1) is 13.8 Å². The number of aromatic nitrogens is 6. The first kappa shape index (κ1) is 14.9. The third kappa shape index (κ3) is 3.25. The van der Waals surface area contributed by atoms with Crippen LogP contribution in [0.3, 0.4) is 0 Å². The minimum absolute atomic E-state index is 0.126. The molecule has 0 radical (unpaired) electrons. The van der Waals surface area contributed by atoms with Crippen molar-refractivity contribution in [2.75, 3.05) is 6.54 Å². The molecule has 0 atom stereocenters. The van der Waals surface area contributed by atoms with Gasteiger partial charge in [-0.2, -0.15) is 5.10 Å². The van der Waals surface area contributed by atoms with Gasteiger partial charge < -0.3 is 5.32 Å². The highest BCUT2D eigenvalue weighted by Crippen LogP contribution is 2.10. The fourth-order valence-corrected chi connectivity index (χ4v) is 2.41. The molecule has 2 N–H and O–H groups in total. The maximum absolute atomic E-state index is 12.3. The number of carbonyl (C=O) groups excluding carboxylic acids is 1. The summed E-state index contributed by atoms with van der Waals surface area (Å²) in [6, 6.07) is 7.15. The van der Waals surface area contributed by atoms with Crippen molar-refractivity contribution in [3.8, 4) is 5.69 Å². The second kappa shape index (κ2) is 6.39. The summed E-state index contributed by atoms with van der Waals surface area (Å²) in [5, 5.41) is 21.0. The van der Waals surface area contributed by atoms with Crippen LogP contribution in [-0.4, -0.2) is 42.9 Å². The van der Waals surface area contributed by atoms with Gasteiger partial charge in [-0.1, -0.05) is 6.07 Å². The van der Waals surface area contributed by atoms with E-state index in [0.717, 1.165) is 29.1 Å². The molecule has 0 fully saturated rings. The molecule has 0 spiro atoms. The van der Waals surface area contributed by atoms with E-state index in [2.05, 4.69) is 31.0 Å². The van der Waals surface area contributed by atoms with Crippen LogP contribution >= 0.6 is 0 Å². The zero-order chi connectivity index (χ0) is 16.2. The number of amides is 1. The van der Waals surface area contributed by atoms with Crippen molar-refractivity contribution in [3.63, 3.8) is 0 Å². The number of tetrazole rings is 1. The van der Waals surface area contributed by atoms with E-state index >= 15 is 0 Å². The lowest BCUT2D eigenvalue weighted by Crippen LogP contribution is -2.26. The van der Waals surface area contributed by atoms with Crippen molar-refractivity contribution in [3.05, 3.63) is 53.1 Å². The van der Waals surface area contributed by atoms with Crippen molar-refractivity contribution in [2.24, 2.45) is 0 Å². The Kier molecular flexibility index (Phi) is 4.13. The molecule has 8 heteroatoms. The van der Waals surface area contributed by atoms with Gasteiger partial charge in [-0.25, -0.2) is 4.68 Å². The standard InChI is InChI=1S/C15H17N7O/c1-10-14(11(2)19-18-10)6-7-16-15(23)12-4-3-5-13(8-12)22-9-17-20-21-22/h3-5,8-9H,6-7H2,1-2H3,(H,16,23)(H,18,19). The van der Waals surface area contributed by atoms with Gasteiger partial charge in [-0.3, -0.25) is 9.89 Å². The third-order valence-corrected chi connectivity index (χ3v) is 3.66. The average molecular weight is 311 g/mol. The minimum Gasteiger partial charge on any atom is -0.352 e. The summed E-state index contributed by atoms with van der Waals surface area (Å²) in [6.45, 7) is 4.48. The third-order valence-electron chi connectivity index (χ3n) is 3.66. The Morgan fingerprint density at radius 2 is 2.22 bits per heavy atom. The molecule has 0 aliphatic heterocycles. The monoisotopic (exact) mass is 311 g/mol. The summed E-state index contributed by atoms with van der Waals surface area (Å²) < 4.78 is 1.51. The second-order valence-corrected chi connectivity index (χ2v) is 5.22. The number of nitrogens with one attached hydrogen (secondary N) is 2. The number of carbonyl (C=O) groups is 1. The Hall–Kier alpha value is -3.03. The van der Waals surface area contributed by atoms with Crippen LogP contribution in [0.1, 0.15) is 27.3 Å². The highest BCUT2D eigenvalue weighted by molar-refractivity contribution is 5.94. The lowest BCUT2D eigenvalue weighted by atomic mass is 10.1. The summed E-state index contributed by atoms with van der Waals surface area (Å²) >= 11 is 0. The molecule has 0 bridgehead atoms.